The van der Waals surface area contributed by atoms with E-state index in [0.29, 0.717) is 25.2 Å². The van der Waals surface area contributed by atoms with Gasteiger partial charge < -0.3 is 15.0 Å². The van der Waals surface area contributed by atoms with E-state index in [1.165, 1.54) is 12.7 Å². The summed E-state index contributed by atoms with van der Waals surface area (Å²) in [5.74, 6) is -0.860. The van der Waals surface area contributed by atoms with E-state index < -0.39 is 5.97 Å². The van der Waals surface area contributed by atoms with Gasteiger partial charge in [-0.2, -0.15) is 0 Å². The lowest BCUT2D eigenvalue weighted by molar-refractivity contribution is -0.129. The maximum absolute atomic E-state index is 12.5. The second kappa shape index (κ2) is 8.69. The molecular formula is C22H24N2O4. The number of carbonyl (C=O) groups excluding carboxylic acids is 3. The zero-order valence-electron chi connectivity index (χ0n) is 16.1. The average molecular weight is 380 g/mol. The van der Waals surface area contributed by atoms with Crippen molar-refractivity contribution in [3.8, 4) is 0 Å². The first-order valence-corrected chi connectivity index (χ1v) is 9.24. The molecule has 28 heavy (non-hydrogen) atoms. The number of hydrogen-bond acceptors (Lipinski definition) is 4. The van der Waals surface area contributed by atoms with Crippen LogP contribution in [0, 0.1) is 12.8 Å². The molecule has 2 amide bonds. The summed E-state index contributed by atoms with van der Waals surface area (Å²) < 4.78 is 4.67. The summed E-state index contributed by atoms with van der Waals surface area (Å²) in [6.07, 6.45) is 0.235. The molecule has 1 unspecified atom stereocenters. The van der Waals surface area contributed by atoms with Crippen molar-refractivity contribution in [2.75, 3.05) is 13.7 Å². The highest BCUT2D eigenvalue weighted by atomic mass is 16.5. The Morgan fingerprint density at radius 3 is 2.36 bits per heavy atom. The number of rotatable bonds is 6. The lowest BCUT2D eigenvalue weighted by atomic mass is 10.1. The highest BCUT2D eigenvalue weighted by Crippen LogP contribution is 2.21. The highest BCUT2D eigenvalue weighted by Gasteiger charge is 2.34. The molecule has 6 nitrogen and oxygen atoms in total. The number of hydrogen-bond donors (Lipinski definition) is 1. The van der Waals surface area contributed by atoms with E-state index in [1.54, 1.807) is 29.2 Å². The van der Waals surface area contributed by atoms with Crippen LogP contribution in [0.1, 0.15) is 33.5 Å². The van der Waals surface area contributed by atoms with Gasteiger partial charge in [0.05, 0.1) is 18.6 Å². The number of aryl methyl sites for hydroxylation is 1. The Hall–Kier alpha value is -3.15. The van der Waals surface area contributed by atoms with E-state index in [2.05, 4.69) is 10.1 Å². The van der Waals surface area contributed by atoms with Gasteiger partial charge in [0.1, 0.15) is 0 Å². The second-order valence-electron chi connectivity index (χ2n) is 7.07. The van der Waals surface area contributed by atoms with Crippen LogP contribution in [0.2, 0.25) is 0 Å². The fraction of sp³-hybridized carbons (Fsp3) is 0.318. The summed E-state index contributed by atoms with van der Waals surface area (Å²) in [6, 6.07) is 14.9. The molecule has 2 aromatic carbocycles. The number of likely N-dealkylation sites (tertiary alicyclic amines) is 1. The van der Waals surface area contributed by atoms with Crippen molar-refractivity contribution in [2.24, 2.45) is 5.92 Å². The van der Waals surface area contributed by atoms with Crippen molar-refractivity contribution in [2.45, 2.75) is 26.4 Å². The quantitative estimate of drug-likeness (QED) is 0.781. The molecule has 1 fully saturated rings. The molecule has 1 aliphatic rings. The third-order valence-electron chi connectivity index (χ3n) is 4.92. The summed E-state index contributed by atoms with van der Waals surface area (Å²) in [6.45, 7) is 3.33. The largest absolute Gasteiger partial charge is 0.465 e. The molecule has 1 atom stereocenters. The van der Waals surface area contributed by atoms with Crippen molar-refractivity contribution in [1.82, 2.24) is 10.2 Å². The van der Waals surface area contributed by atoms with Crippen molar-refractivity contribution in [1.29, 1.82) is 0 Å². The molecule has 1 N–H and O–H groups in total. The fourth-order valence-corrected chi connectivity index (χ4v) is 3.22. The molecule has 0 aliphatic carbocycles. The summed E-state index contributed by atoms with van der Waals surface area (Å²) in [5, 5.41) is 2.88. The van der Waals surface area contributed by atoms with Gasteiger partial charge in [0, 0.05) is 26.1 Å². The second-order valence-corrected chi connectivity index (χ2v) is 7.07. The number of ether oxygens (including phenoxy) is 1. The van der Waals surface area contributed by atoms with Crippen LogP contribution in [0.25, 0.3) is 0 Å². The maximum atomic E-state index is 12.5. The smallest absolute Gasteiger partial charge is 0.337 e. The first-order valence-electron chi connectivity index (χ1n) is 9.24. The molecule has 1 heterocycles. The number of carbonyl (C=O) groups is 3. The number of amides is 2. The molecule has 0 radical (unpaired) electrons. The monoisotopic (exact) mass is 380 g/mol. The third-order valence-corrected chi connectivity index (χ3v) is 4.92. The van der Waals surface area contributed by atoms with E-state index in [9.17, 15) is 14.4 Å². The van der Waals surface area contributed by atoms with Gasteiger partial charge in [-0.25, -0.2) is 4.79 Å². The van der Waals surface area contributed by atoms with Crippen LogP contribution in [0.4, 0.5) is 0 Å². The molecule has 0 spiro atoms. The van der Waals surface area contributed by atoms with Gasteiger partial charge >= 0.3 is 5.97 Å². The Morgan fingerprint density at radius 2 is 1.71 bits per heavy atom. The summed E-state index contributed by atoms with van der Waals surface area (Å²) in [5.41, 5.74) is 3.58. The zero-order valence-corrected chi connectivity index (χ0v) is 16.1. The predicted octanol–water partition coefficient (Wildman–Crippen LogP) is 2.45. The number of esters is 1. The van der Waals surface area contributed by atoms with E-state index in [4.69, 9.17) is 0 Å². The van der Waals surface area contributed by atoms with Crippen LogP contribution >= 0.6 is 0 Å². The van der Waals surface area contributed by atoms with Crippen LogP contribution in [-0.4, -0.2) is 36.3 Å². The first-order chi connectivity index (χ1) is 13.5. The van der Waals surface area contributed by atoms with Crippen LogP contribution < -0.4 is 5.32 Å². The molecule has 6 heteroatoms. The third kappa shape index (κ3) is 4.76. The van der Waals surface area contributed by atoms with Crippen LogP contribution in [-0.2, 0) is 27.4 Å². The summed E-state index contributed by atoms with van der Waals surface area (Å²) >= 11 is 0. The minimum Gasteiger partial charge on any atom is -0.465 e. The highest BCUT2D eigenvalue weighted by molar-refractivity contribution is 5.90. The molecule has 1 aliphatic heterocycles. The van der Waals surface area contributed by atoms with Crippen molar-refractivity contribution >= 4 is 17.8 Å². The number of benzene rings is 2. The summed E-state index contributed by atoms with van der Waals surface area (Å²) in [7, 11) is 1.33. The summed E-state index contributed by atoms with van der Waals surface area (Å²) in [4.78, 5) is 37.9. The average Bonchev–Trinajstić information content (AvgIpc) is 3.08. The predicted molar refractivity (Wildman–Crippen MR) is 104 cm³/mol. The Balaban J connectivity index is 1.51. The van der Waals surface area contributed by atoms with Crippen molar-refractivity contribution < 1.29 is 19.1 Å². The van der Waals surface area contributed by atoms with Crippen molar-refractivity contribution in [3.63, 3.8) is 0 Å². The molecule has 2 aromatic rings. The Labute approximate surface area is 164 Å². The lowest BCUT2D eigenvalue weighted by Gasteiger charge is -2.17. The topological polar surface area (TPSA) is 75.7 Å². The first kappa shape index (κ1) is 19.6. The normalized spacial score (nSPS) is 16.1. The minimum absolute atomic E-state index is 0.00292. The molecule has 0 bridgehead atoms. The molecule has 146 valence electrons. The maximum Gasteiger partial charge on any atom is 0.337 e. The van der Waals surface area contributed by atoms with E-state index >= 15 is 0 Å². The Morgan fingerprint density at radius 1 is 1.07 bits per heavy atom. The molecular weight excluding hydrogens is 356 g/mol. The van der Waals surface area contributed by atoms with Gasteiger partial charge in [0.2, 0.25) is 11.8 Å². The van der Waals surface area contributed by atoms with E-state index in [1.807, 2.05) is 31.2 Å². The van der Waals surface area contributed by atoms with Crippen LogP contribution in [0.15, 0.2) is 48.5 Å². The van der Waals surface area contributed by atoms with Gasteiger partial charge in [-0.3, -0.25) is 9.59 Å². The van der Waals surface area contributed by atoms with Gasteiger partial charge in [-0.1, -0.05) is 42.0 Å². The van der Waals surface area contributed by atoms with E-state index in [-0.39, 0.29) is 24.2 Å². The fourth-order valence-electron chi connectivity index (χ4n) is 3.22. The van der Waals surface area contributed by atoms with Gasteiger partial charge in [0.15, 0.2) is 0 Å². The number of nitrogens with zero attached hydrogens (tertiary/aromatic N) is 1. The number of nitrogens with one attached hydrogen (secondary N) is 1. The minimum atomic E-state index is -0.395. The molecule has 0 saturated carbocycles. The van der Waals surface area contributed by atoms with Gasteiger partial charge in [-0.15, -0.1) is 0 Å². The Bertz CT molecular complexity index is 859. The Kier molecular flexibility index (Phi) is 6.09. The molecule has 1 saturated heterocycles. The van der Waals surface area contributed by atoms with Crippen LogP contribution in [0.5, 0.6) is 0 Å². The SMILES string of the molecule is COC(=O)c1ccc(CNC(=O)C2CC(=O)N(Cc3ccc(C)cc3)C2)cc1. The van der Waals surface area contributed by atoms with Crippen molar-refractivity contribution in [3.05, 3.63) is 70.8 Å². The molecule has 3 rings (SSSR count). The number of methoxy groups -OCH3 is 1. The van der Waals surface area contributed by atoms with Gasteiger partial charge in [0.25, 0.3) is 0 Å². The molecule has 0 aromatic heterocycles. The zero-order chi connectivity index (χ0) is 20.1. The van der Waals surface area contributed by atoms with Gasteiger partial charge in [-0.05, 0) is 30.2 Å². The lowest BCUT2D eigenvalue weighted by Crippen LogP contribution is -2.32. The van der Waals surface area contributed by atoms with Crippen LogP contribution in [0.3, 0.4) is 0 Å². The van der Waals surface area contributed by atoms with E-state index in [0.717, 1.165) is 11.1 Å². The standard InChI is InChI=1S/C22H24N2O4/c1-15-3-5-17(6-4-15)13-24-14-19(11-20(24)25)21(26)23-12-16-7-9-18(10-8-16)22(27)28-2/h3-10,19H,11-14H2,1-2H3,(H,23,26).